The summed E-state index contributed by atoms with van der Waals surface area (Å²) in [5, 5.41) is 12.2. The Balaban J connectivity index is 3.36. The van der Waals surface area contributed by atoms with Gasteiger partial charge in [-0.15, -0.1) is 0 Å². The minimum atomic E-state index is -0.718. The van der Waals surface area contributed by atoms with Crippen molar-refractivity contribution < 1.29 is 19.4 Å². The number of nitrogen functional groups attached to an aromatic ring is 1. The highest BCUT2D eigenvalue weighted by molar-refractivity contribution is 9.10. The summed E-state index contributed by atoms with van der Waals surface area (Å²) in [6, 6.07) is 1.23. The van der Waals surface area contributed by atoms with E-state index in [0.717, 1.165) is 0 Å². The lowest BCUT2D eigenvalue weighted by Crippen LogP contribution is -2.11. The Morgan fingerprint density at radius 2 is 2.12 bits per heavy atom. The van der Waals surface area contributed by atoms with Crippen LogP contribution in [0.1, 0.15) is 17.3 Å². The first-order valence-corrected chi connectivity index (χ1v) is 5.34. The van der Waals surface area contributed by atoms with Gasteiger partial charge in [-0.2, -0.15) is 0 Å². The number of anilines is 2. The quantitative estimate of drug-likeness (QED) is 0.436. The number of esters is 1. The monoisotopic (exact) mass is 302 g/mol. The molecule has 0 atom stereocenters. The molecule has 0 heterocycles. The van der Waals surface area contributed by atoms with Gasteiger partial charge in [-0.05, 0) is 22.0 Å². The van der Waals surface area contributed by atoms with Crippen LogP contribution in [-0.4, -0.2) is 24.1 Å². The van der Waals surface area contributed by atoms with E-state index in [2.05, 4.69) is 26.0 Å². The van der Waals surface area contributed by atoms with Crippen molar-refractivity contribution in [1.29, 1.82) is 0 Å². The number of phenols is 1. The van der Waals surface area contributed by atoms with Crippen molar-refractivity contribution in [3.05, 3.63) is 16.1 Å². The summed E-state index contributed by atoms with van der Waals surface area (Å²) in [7, 11) is 1.19. The second-order valence-electron chi connectivity index (χ2n) is 3.22. The SMILES string of the molecule is COC(=O)c1cc(N)c(NC(C)=O)c(Br)c1O. The van der Waals surface area contributed by atoms with E-state index in [1.165, 1.54) is 20.1 Å². The zero-order valence-electron chi connectivity index (χ0n) is 9.20. The Kier molecular flexibility index (Phi) is 3.95. The molecule has 0 bridgehead atoms. The molecular formula is C10H11BrN2O4. The van der Waals surface area contributed by atoms with Gasteiger partial charge in [-0.3, -0.25) is 4.79 Å². The van der Waals surface area contributed by atoms with Crippen LogP contribution < -0.4 is 11.1 Å². The normalized spacial score (nSPS) is 9.82. The number of hydrogen-bond donors (Lipinski definition) is 3. The number of methoxy groups -OCH3 is 1. The molecule has 7 heteroatoms. The van der Waals surface area contributed by atoms with Crippen LogP contribution in [0.3, 0.4) is 0 Å². The van der Waals surface area contributed by atoms with Gasteiger partial charge in [0, 0.05) is 6.92 Å². The van der Waals surface area contributed by atoms with Crippen LogP contribution >= 0.6 is 15.9 Å². The second kappa shape index (κ2) is 5.05. The van der Waals surface area contributed by atoms with E-state index in [0.29, 0.717) is 0 Å². The van der Waals surface area contributed by atoms with Crippen molar-refractivity contribution in [2.75, 3.05) is 18.2 Å². The molecule has 0 fully saturated rings. The van der Waals surface area contributed by atoms with Crippen LogP contribution in [0, 0.1) is 0 Å². The van der Waals surface area contributed by atoms with Crippen molar-refractivity contribution >= 4 is 39.2 Å². The number of benzene rings is 1. The highest BCUT2D eigenvalue weighted by Gasteiger charge is 2.20. The van der Waals surface area contributed by atoms with Gasteiger partial charge in [0.15, 0.2) is 0 Å². The molecule has 0 saturated heterocycles. The van der Waals surface area contributed by atoms with Gasteiger partial charge >= 0.3 is 5.97 Å². The van der Waals surface area contributed by atoms with E-state index < -0.39 is 5.97 Å². The molecule has 4 N–H and O–H groups in total. The third-order valence-corrected chi connectivity index (χ3v) is 2.75. The molecule has 0 saturated carbocycles. The lowest BCUT2D eigenvalue weighted by Gasteiger charge is -2.12. The average Bonchev–Trinajstić information content (AvgIpc) is 2.28. The zero-order valence-corrected chi connectivity index (χ0v) is 10.8. The van der Waals surface area contributed by atoms with E-state index in [4.69, 9.17) is 5.73 Å². The summed E-state index contributed by atoms with van der Waals surface area (Å²) in [5.74, 6) is -1.40. The molecule has 6 nitrogen and oxygen atoms in total. The maximum Gasteiger partial charge on any atom is 0.341 e. The first-order valence-electron chi connectivity index (χ1n) is 4.55. The molecule has 0 aromatic heterocycles. The van der Waals surface area contributed by atoms with Gasteiger partial charge in [-0.1, -0.05) is 0 Å². The summed E-state index contributed by atoms with van der Waals surface area (Å²) >= 11 is 3.06. The van der Waals surface area contributed by atoms with Gasteiger partial charge in [0.1, 0.15) is 11.3 Å². The van der Waals surface area contributed by atoms with Crippen molar-refractivity contribution in [2.24, 2.45) is 0 Å². The molecule has 0 aliphatic carbocycles. The first kappa shape index (κ1) is 13.3. The third-order valence-electron chi connectivity index (χ3n) is 1.98. The molecule has 92 valence electrons. The molecule has 1 aromatic carbocycles. The Morgan fingerprint density at radius 3 is 2.59 bits per heavy atom. The molecule has 0 spiro atoms. The lowest BCUT2D eigenvalue weighted by atomic mass is 10.1. The van der Waals surface area contributed by atoms with E-state index in [9.17, 15) is 14.7 Å². The Hall–Kier alpha value is -1.76. The molecular weight excluding hydrogens is 292 g/mol. The van der Waals surface area contributed by atoms with E-state index in [1.807, 2.05) is 0 Å². The topological polar surface area (TPSA) is 102 Å². The summed E-state index contributed by atoms with van der Waals surface area (Å²) in [6.45, 7) is 1.30. The first-order chi connectivity index (χ1) is 7.88. The van der Waals surface area contributed by atoms with Crippen LogP contribution in [0.2, 0.25) is 0 Å². The fourth-order valence-electron chi connectivity index (χ4n) is 1.23. The summed E-state index contributed by atoms with van der Waals surface area (Å²) in [5.41, 5.74) is 5.95. The van der Waals surface area contributed by atoms with Crippen molar-refractivity contribution in [2.45, 2.75) is 6.92 Å². The second-order valence-corrected chi connectivity index (χ2v) is 4.02. The number of halogens is 1. The van der Waals surface area contributed by atoms with Gasteiger partial charge in [0.25, 0.3) is 0 Å². The highest BCUT2D eigenvalue weighted by Crippen LogP contribution is 2.39. The molecule has 0 aliphatic rings. The van der Waals surface area contributed by atoms with Crippen LogP contribution in [-0.2, 0) is 9.53 Å². The number of nitrogens with one attached hydrogen (secondary N) is 1. The van der Waals surface area contributed by atoms with Gasteiger partial charge < -0.3 is 20.9 Å². The Labute approximate surface area is 106 Å². The van der Waals surface area contributed by atoms with E-state index in [1.54, 1.807) is 0 Å². The number of ether oxygens (including phenoxy) is 1. The predicted octanol–water partition coefficient (Wildman–Crippen LogP) is 1.48. The number of rotatable bonds is 2. The standard InChI is InChI=1S/C10H11BrN2O4/c1-4(14)13-8-6(12)3-5(10(16)17-2)9(15)7(8)11/h3,15H,12H2,1-2H3,(H,13,14). The fraction of sp³-hybridized carbons (Fsp3) is 0.200. The van der Waals surface area contributed by atoms with Crippen LogP contribution in [0.25, 0.3) is 0 Å². The van der Waals surface area contributed by atoms with Crippen LogP contribution in [0.15, 0.2) is 10.5 Å². The van der Waals surface area contributed by atoms with E-state index in [-0.39, 0.29) is 33.1 Å². The van der Waals surface area contributed by atoms with E-state index >= 15 is 0 Å². The summed E-state index contributed by atoms with van der Waals surface area (Å²) in [4.78, 5) is 22.3. The molecule has 0 aliphatic heterocycles. The molecule has 1 aromatic rings. The number of carbonyl (C=O) groups excluding carboxylic acids is 2. The summed E-state index contributed by atoms with van der Waals surface area (Å²) in [6.07, 6.45) is 0. The average molecular weight is 303 g/mol. The van der Waals surface area contributed by atoms with Gasteiger partial charge in [-0.25, -0.2) is 4.79 Å². The van der Waals surface area contributed by atoms with Crippen LogP contribution in [0.5, 0.6) is 5.75 Å². The largest absolute Gasteiger partial charge is 0.506 e. The number of amides is 1. The fourth-order valence-corrected chi connectivity index (χ4v) is 1.77. The van der Waals surface area contributed by atoms with Crippen molar-refractivity contribution in [3.8, 4) is 5.75 Å². The number of phenolic OH excluding ortho intramolecular Hbond substituents is 1. The number of aromatic hydroxyl groups is 1. The molecule has 0 unspecified atom stereocenters. The smallest absolute Gasteiger partial charge is 0.341 e. The maximum atomic E-state index is 11.3. The molecule has 17 heavy (non-hydrogen) atoms. The number of carbonyl (C=O) groups is 2. The zero-order chi connectivity index (χ0) is 13.2. The Bertz CT molecular complexity index is 488. The van der Waals surface area contributed by atoms with Crippen molar-refractivity contribution in [3.63, 3.8) is 0 Å². The Morgan fingerprint density at radius 1 is 1.53 bits per heavy atom. The van der Waals surface area contributed by atoms with Gasteiger partial charge in [0.2, 0.25) is 5.91 Å². The van der Waals surface area contributed by atoms with Crippen molar-refractivity contribution in [1.82, 2.24) is 0 Å². The third kappa shape index (κ3) is 2.68. The highest BCUT2D eigenvalue weighted by atomic mass is 79.9. The molecule has 1 rings (SSSR count). The number of nitrogens with two attached hydrogens (primary N) is 1. The van der Waals surface area contributed by atoms with Gasteiger partial charge in [0.05, 0.1) is 23.0 Å². The number of hydrogen-bond acceptors (Lipinski definition) is 5. The minimum Gasteiger partial charge on any atom is -0.506 e. The lowest BCUT2D eigenvalue weighted by molar-refractivity contribution is -0.114. The maximum absolute atomic E-state index is 11.3. The minimum absolute atomic E-state index is 0.0778. The predicted molar refractivity (Wildman–Crippen MR) is 65.9 cm³/mol. The summed E-state index contributed by atoms with van der Waals surface area (Å²) < 4.78 is 4.62. The van der Waals surface area contributed by atoms with Crippen LogP contribution in [0.4, 0.5) is 11.4 Å². The molecule has 0 radical (unpaired) electrons. The molecule has 1 amide bonds.